The number of amides is 3. The van der Waals surface area contributed by atoms with Crippen LogP contribution in [-0.4, -0.2) is 40.8 Å². The summed E-state index contributed by atoms with van der Waals surface area (Å²) >= 11 is 0. The van der Waals surface area contributed by atoms with E-state index in [0.717, 1.165) is 16.0 Å². The van der Waals surface area contributed by atoms with Crippen LogP contribution >= 0.6 is 0 Å². The average Bonchev–Trinajstić information content (AvgIpc) is 3.37. The molecule has 0 radical (unpaired) electrons. The van der Waals surface area contributed by atoms with E-state index in [9.17, 15) is 19.2 Å². The van der Waals surface area contributed by atoms with Crippen molar-refractivity contribution in [2.75, 3.05) is 10.2 Å². The molecule has 2 fully saturated rings. The fraction of sp³-hybridized carbons (Fsp3) is 0.179. The van der Waals surface area contributed by atoms with Gasteiger partial charge in [0.15, 0.2) is 5.78 Å². The van der Waals surface area contributed by atoms with E-state index in [-0.39, 0.29) is 11.7 Å². The van der Waals surface area contributed by atoms with Crippen LogP contribution < -0.4 is 10.2 Å². The van der Waals surface area contributed by atoms with Gasteiger partial charge < -0.3 is 5.32 Å². The summed E-state index contributed by atoms with van der Waals surface area (Å²) in [6.45, 7) is 1.46. The third-order valence-corrected chi connectivity index (χ3v) is 7.14. The summed E-state index contributed by atoms with van der Waals surface area (Å²) in [7, 11) is 0. The van der Waals surface area contributed by atoms with E-state index >= 15 is 0 Å². The molecule has 2 saturated heterocycles. The van der Waals surface area contributed by atoms with Crippen LogP contribution in [0.3, 0.4) is 0 Å². The van der Waals surface area contributed by atoms with Crippen molar-refractivity contribution in [3.05, 3.63) is 95.6 Å². The van der Waals surface area contributed by atoms with E-state index in [1.165, 1.54) is 6.92 Å². The Labute approximate surface area is 207 Å². The molecular formula is C28H22N4O4. The quantitative estimate of drug-likeness (QED) is 0.458. The number of imide groups is 1. The Morgan fingerprint density at radius 1 is 0.833 bits per heavy atom. The van der Waals surface area contributed by atoms with E-state index in [1.807, 2.05) is 42.5 Å². The smallest absolute Gasteiger partial charge is 0.249 e. The van der Waals surface area contributed by atoms with Crippen molar-refractivity contribution in [1.82, 2.24) is 5.01 Å². The summed E-state index contributed by atoms with van der Waals surface area (Å²) < 4.78 is 0. The van der Waals surface area contributed by atoms with Crippen molar-refractivity contribution in [1.29, 1.82) is 0 Å². The van der Waals surface area contributed by atoms with Gasteiger partial charge in [-0.15, -0.1) is 0 Å². The van der Waals surface area contributed by atoms with Gasteiger partial charge in [-0.1, -0.05) is 42.5 Å². The van der Waals surface area contributed by atoms with Crippen molar-refractivity contribution in [3.8, 4) is 0 Å². The number of Topliss-reactive ketones (excluding diaryl/α,β-unsaturated/α-hetero) is 1. The Kier molecular flexibility index (Phi) is 5.03. The minimum Gasteiger partial charge on any atom is -0.324 e. The minimum atomic E-state index is -0.970. The number of benzene rings is 3. The maximum absolute atomic E-state index is 13.8. The van der Waals surface area contributed by atoms with Crippen molar-refractivity contribution in [2.24, 2.45) is 16.9 Å². The molecule has 0 saturated carbocycles. The molecule has 6 rings (SSSR count). The van der Waals surface area contributed by atoms with Gasteiger partial charge in [0.05, 0.1) is 29.8 Å². The number of nitrogens with zero attached hydrogens (tertiary/aromatic N) is 3. The van der Waals surface area contributed by atoms with Gasteiger partial charge in [-0.05, 0) is 54.4 Å². The van der Waals surface area contributed by atoms with Crippen LogP contribution in [-0.2, 0) is 14.4 Å². The van der Waals surface area contributed by atoms with Crippen LogP contribution in [0, 0.1) is 11.8 Å². The first-order valence-corrected chi connectivity index (χ1v) is 11.7. The molecular weight excluding hydrogens is 456 g/mol. The number of anilines is 2. The van der Waals surface area contributed by atoms with Crippen molar-refractivity contribution in [2.45, 2.75) is 19.0 Å². The number of nitrogens with one attached hydrogen (secondary N) is 1. The third kappa shape index (κ3) is 3.25. The number of carbonyl (C=O) groups excluding carboxylic acids is 4. The maximum Gasteiger partial charge on any atom is 0.249 e. The number of ketones is 1. The Balaban J connectivity index is 1.43. The topological polar surface area (TPSA) is 99.2 Å². The van der Waals surface area contributed by atoms with Crippen LogP contribution in [0.5, 0.6) is 0 Å². The van der Waals surface area contributed by atoms with Gasteiger partial charge in [0.2, 0.25) is 17.7 Å². The number of carbonyl (C=O) groups is 4. The van der Waals surface area contributed by atoms with Gasteiger partial charge in [0, 0.05) is 11.3 Å². The molecule has 36 heavy (non-hydrogen) atoms. The molecule has 8 heteroatoms. The van der Waals surface area contributed by atoms with Crippen LogP contribution in [0.2, 0.25) is 0 Å². The third-order valence-electron chi connectivity index (χ3n) is 7.14. The lowest BCUT2D eigenvalue weighted by atomic mass is 9.85. The summed E-state index contributed by atoms with van der Waals surface area (Å²) in [5.41, 5.74) is 3.17. The molecule has 0 spiro atoms. The second-order valence-electron chi connectivity index (χ2n) is 9.16. The van der Waals surface area contributed by atoms with Crippen LogP contribution in [0.25, 0.3) is 0 Å². The first-order valence-electron chi connectivity index (χ1n) is 11.7. The number of hydrogen-bond acceptors (Lipinski definition) is 6. The molecule has 0 bridgehead atoms. The lowest BCUT2D eigenvalue weighted by Crippen LogP contribution is -2.46. The fourth-order valence-electron chi connectivity index (χ4n) is 5.51. The highest BCUT2D eigenvalue weighted by Gasteiger charge is 2.65. The molecule has 1 N–H and O–H groups in total. The zero-order valence-corrected chi connectivity index (χ0v) is 19.4. The number of hydrogen-bond donors (Lipinski definition) is 1. The predicted molar refractivity (Wildman–Crippen MR) is 133 cm³/mol. The molecule has 3 aromatic rings. The molecule has 0 aromatic heterocycles. The summed E-state index contributed by atoms with van der Waals surface area (Å²) in [5, 5.41) is 9.05. The highest BCUT2D eigenvalue weighted by Crippen LogP contribution is 2.52. The largest absolute Gasteiger partial charge is 0.324 e. The summed E-state index contributed by atoms with van der Waals surface area (Å²) in [5.74, 6) is -3.03. The molecule has 3 heterocycles. The molecule has 3 amide bonds. The standard InChI is InChI=1S/C28H22N4O4/c1-16(33)17-11-13-20(14-12-17)31-27(35)22-23(28(31)36)25(26(34)30-19-8-3-2-4-9-19)32-24(22)21-10-6-5-7-18(21)15-29-32/h2-15,22-25H,1H3,(H,30,34)/t22-,23+,24-,25+/m0/s1. The molecule has 3 aliphatic rings. The van der Waals surface area contributed by atoms with E-state index in [2.05, 4.69) is 10.4 Å². The van der Waals surface area contributed by atoms with Crippen molar-refractivity contribution >= 4 is 41.1 Å². The first kappa shape index (κ1) is 21.9. The number of para-hydroxylation sites is 1. The SMILES string of the molecule is CC(=O)c1ccc(N2C(=O)[C@@H]3[C@H](C2=O)[C@@H]2c4ccccc4C=NN2[C@H]3C(=O)Nc2ccccc2)cc1. The van der Waals surface area contributed by atoms with Gasteiger partial charge >= 0.3 is 0 Å². The average molecular weight is 479 g/mol. The van der Waals surface area contributed by atoms with Gasteiger partial charge in [-0.2, -0.15) is 5.10 Å². The second-order valence-corrected chi connectivity index (χ2v) is 9.16. The van der Waals surface area contributed by atoms with Crippen molar-refractivity contribution in [3.63, 3.8) is 0 Å². The normalized spacial score (nSPS) is 23.8. The molecule has 0 aliphatic carbocycles. The van der Waals surface area contributed by atoms with Crippen molar-refractivity contribution < 1.29 is 19.2 Å². The lowest BCUT2D eigenvalue weighted by Gasteiger charge is -2.33. The number of hydrazone groups is 1. The zero-order valence-electron chi connectivity index (χ0n) is 19.4. The Bertz CT molecular complexity index is 1430. The van der Waals surface area contributed by atoms with E-state index < -0.39 is 35.7 Å². The summed E-state index contributed by atoms with van der Waals surface area (Å²) in [6, 6.07) is 21.4. The number of rotatable bonds is 4. The molecule has 8 nitrogen and oxygen atoms in total. The highest BCUT2D eigenvalue weighted by molar-refractivity contribution is 6.24. The van der Waals surface area contributed by atoms with E-state index in [1.54, 1.807) is 47.6 Å². The monoisotopic (exact) mass is 478 g/mol. The minimum absolute atomic E-state index is 0.109. The second kappa shape index (κ2) is 8.27. The van der Waals surface area contributed by atoms with Gasteiger partial charge in [0.1, 0.15) is 6.04 Å². The molecule has 0 unspecified atom stereocenters. The zero-order chi connectivity index (χ0) is 25.0. The lowest BCUT2D eigenvalue weighted by molar-refractivity contribution is -0.129. The molecule has 178 valence electrons. The Hall–Kier alpha value is -4.59. The number of fused-ring (bicyclic) bond motifs is 5. The summed E-state index contributed by atoms with van der Waals surface area (Å²) in [4.78, 5) is 54.1. The molecule has 3 aromatic carbocycles. The van der Waals surface area contributed by atoms with Crippen LogP contribution in [0.1, 0.15) is 34.5 Å². The van der Waals surface area contributed by atoms with Gasteiger partial charge in [-0.25, -0.2) is 4.90 Å². The van der Waals surface area contributed by atoms with E-state index in [0.29, 0.717) is 16.9 Å². The van der Waals surface area contributed by atoms with Crippen LogP contribution in [0.4, 0.5) is 11.4 Å². The van der Waals surface area contributed by atoms with Crippen LogP contribution in [0.15, 0.2) is 84.0 Å². The first-order chi connectivity index (χ1) is 17.5. The predicted octanol–water partition coefficient (Wildman–Crippen LogP) is 3.41. The maximum atomic E-state index is 13.8. The summed E-state index contributed by atoms with van der Waals surface area (Å²) in [6.07, 6.45) is 1.67. The Morgan fingerprint density at radius 3 is 2.22 bits per heavy atom. The fourth-order valence-corrected chi connectivity index (χ4v) is 5.51. The van der Waals surface area contributed by atoms with Gasteiger partial charge in [-0.3, -0.25) is 24.2 Å². The highest BCUT2D eigenvalue weighted by atomic mass is 16.2. The molecule has 3 aliphatic heterocycles. The molecule has 4 atom stereocenters. The van der Waals surface area contributed by atoms with Gasteiger partial charge in [0.25, 0.3) is 0 Å². The van der Waals surface area contributed by atoms with E-state index in [4.69, 9.17) is 0 Å². The Morgan fingerprint density at radius 2 is 1.50 bits per heavy atom.